The molecule has 1 aliphatic heterocycles. The van der Waals surface area contributed by atoms with Crippen molar-refractivity contribution in [1.29, 1.82) is 0 Å². The van der Waals surface area contributed by atoms with E-state index in [0.29, 0.717) is 5.90 Å². The summed E-state index contributed by atoms with van der Waals surface area (Å²) in [5.74, 6) is 0.366. The number of hydrogen-bond donors (Lipinski definition) is 0. The molecular weight excluding hydrogens is 238 g/mol. The van der Waals surface area contributed by atoms with E-state index in [1.165, 1.54) is 0 Å². The second-order valence-corrected chi connectivity index (χ2v) is 5.29. The molecule has 0 radical (unpaired) electrons. The lowest BCUT2D eigenvalue weighted by Gasteiger charge is -2.27. The van der Waals surface area contributed by atoms with Gasteiger partial charge in [-0.1, -0.05) is 30.4 Å². The van der Waals surface area contributed by atoms with Crippen LogP contribution < -0.4 is 0 Å². The quantitative estimate of drug-likeness (QED) is 0.601. The molecule has 3 rings (SSSR count). The van der Waals surface area contributed by atoms with Gasteiger partial charge in [-0.15, -0.1) is 0 Å². The molecule has 0 saturated carbocycles. The van der Waals surface area contributed by atoms with Crippen molar-refractivity contribution in [1.82, 2.24) is 0 Å². The second kappa shape index (κ2) is 4.65. The summed E-state index contributed by atoms with van der Waals surface area (Å²) in [6, 6.07) is 9.59. The van der Waals surface area contributed by atoms with Crippen LogP contribution in [0.2, 0.25) is 0 Å². The molecule has 0 unspecified atom stereocenters. The number of carbonyl (C=O) groups excluding carboxylic acids is 1. The Balaban J connectivity index is 1.94. The standard InChI is InChI=1S/C16H17NO2/c1-16(13-10-6-3-7-11-13)15(18)19-14(17-16)12-8-4-2-5-9-12/h2,4-6,8-10,13H,3,7,11H2,1H3/t13-,16-/m0/s1. The maximum Gasteiger partial charge on any atom is 0.341 e. The first-order chi connectivity index (χ1) is 9.20. The summed E-state index contributed by atoms with van der Waals surface area (Å²) in [5, 5.41) is 0. The number of nitrogens with zero attached hydrogens (tertiary/aromatic N) is 1. The molecule has 1 aromatic carbocycles. The van der Waals surface area contributed by atoms with E-state index in [-0.39, 0.29) is 11.9 Å². The van der Waals surface area contributed by atoms with Crippen molar-refractivity contribution in [3.63, 3.8) is 0 Å². The zero-order valence-corrected chi connectivity index (χ0v) is 11.0. The minimum atomic E-state index is -0.762. The first-order valence-corrected chi connectivity index (χ1v) is 6.74. The van der Waals surface area contributed by atoms with Gasteiger partial charge in [0.1, 0.15) is 0 Å². The third-order valence-electron chi connectivity index (χ3n) is 3.93. The number of rotatable bonds is 2. The minimum absolute atomic E-state index is 0.148. The lowest BCUT2D eigenvalue weighted by atomic mass is 9.80. The van der Waals surface area contributed by atoms with Gasteiger partial charge >= 0.3 is 5.97 Å². The maximum absolute atomic E-state index is 12.2. The molecule has 0 bridgehead atoms. The van der Waals surface area contributed by atoms with Gasteiger partial charge in [0.25, 0.3) is 0 Å². The average Bonchev–Trinajstić information content (AvgIpc) is 2.78. The Morgan fingerprint density at radius 2 is 2.11 bits per heavy atom. The molecule has 1 aliphatic carbocycles. The number of ether oxygens (including phenoxy) is 1. The Morgan fingerprint density at radius 1 is 1.32 bits per heavy atom. The summed E-state index contributed by atoms with van der Waals surface area (Å²) in [4.78, 5) is 16.8. The minimum Gasteiger partial charge on any atom is -0.405 e. The predicted molar refractivity (Wildman–Crippen MR) is 74.0 cm³/mol. The number of benzene rings is 1. The lowest BCUT2D eigenvalue weighted by Crippen LogP contribution is -2.38. The van der Waals surface area contributed by atoms with Crippen molar-refractivity contribution in [2.45, 2.75) is 31.7 Å². The third kappa shape index (κ3) is 2.09. The first-order valence-electron chi connectivity index (χ1n) is 6.74. The van der Waals surface area contributed by atoms with Gasteiger partial charge in [0.15, 0.2) is 5.54 Å². The Kier molecular flexibility index (Phi) is 2.97. The van der Waals surface area contributed by atoms with Crippen molar-refractivity contribution in [2.75, 3.05) is 0 Å². The van der Waals surface area contributed by atoms with Crippen LogP contribution in [0.25, 0.3) is 0 Å². The summed E-state index contributed by atoms with van der Waals surface area (Å²) in [6.07, 6.45) is 7.45. The van der Waals surface area contributed by atoms with Crippen molar-refractivity contribution in [3.8, 4) is 0 Å². The molecule has 1 heterocycles. The number of aliphatic imine (C=N–C) groups is 1. The topological polar surface area (TPSA) is 38.7 Å². The fraction of sp³-hybridized carbons (Fsp3) is 0.375. The molecule has 0 amide bonds. The number of hydrogen-bond acceptors (Lipinski definition) is 3. The normalized spacial score (nSPS) is 30.1. The van der Waals surface area contributed by atoms with Crippen molar-refractivity contribution in [2.24, 2.45) is 10.9 Å². The highest BCUT2D eigenvalue weighted by molar-refractivity contribution is 6.08. The summed E-state index contributed by atoms with van der Waals surface area (Å²) in [6.45, 7) is 1.88. The van der Waals surface area contributed by atoms with E-state index < -0.39 is 5.54 Å². The molecule has 0 aromatic heterocycles. The van der Waals surface area contributed by atoms with Gasteiger partial charge in [-0.2, -0.15) is 0 Å². The van der Waals surface area contributed by atoms with E-state index in [1.807, 2.05) is 37.3 Å². The average molecular weight is 255 g/mol. The number of allylic oxidation sites excluding steroid dienone is 1. The maximum atomic E-state index is 12.2. The third-order valence-corrected chi connectivity index (χ3v) is 3.93. The monoisotopic (exact) mass is 255 g/mol. The van der Waals surface area contributed by atoms with Crippen LogP contribution in [-0.2, 0) is 9.53 Å². The Bertz CT molecular complexity index is 547. The van der Waals surface area contributed by atoms with Gasteiger partial charge < -0.3 is 4.74 Å². The van der Waals surface area contributed by atoms with Crippen LogP contribution in [-0.4, -0.2) is 17.4 Å². The summed E-state index contributed by atoms with van der Waals surface area (Å²) in [7, 11) is 0. The molecule has 98 valence electrons. The van der Waals surface area contributed by atoms with Crippen LogP contribution in [0.4, 0.5) is 0 Å². The van der Waals surface area contributed by atoms with Gasteiger partial charge in [0.2, 0.25) is 5.90 Å². The Hall–Kier alpha value is -1.90. The molecule has 19 heavy (non-hydrogen) atoms. The van der Waals surface area contributed by atoms with Crippen LogP contribution >= 0.6 is 0 Å². The summed E-state index contributed by atoms with van der Waals surface area (Å²) in [5.41, 5.74) is 0.0987. The molecule has 2 aliphatic rings. The molecular formula is C16H17NO2. The lowest BCUT2D eigenvalue weighted by molar-refractivity contribution is -0.139. The van der Waals surface area contributed by atoms with E-state index in [4.69, 9.17) is 4.74 Å². The smallest absolute Gasteiger partial charge is 0.341 e. The fourth-order valence-corrected chi connectivity index (χ4v) is 2.69. The highest BCUT2D eigenvalue weighted by atomic mass is 16.6. The molecule has 3 nitrogen and oxygen atoms in total. The van der Waals surface area contributed by atoms with Gasteiger partial charge in [-0.25, -0.2) is 9.79 Å². The van der Waals surface area contributed by atoms with Crippen molar-refractivity contribution < 1.29 is 9.53 Å². The molecule has 2 atom stereocenters. The number of carbonyl (C=O) groups is 1. The van der Waals surface area contributed by atoms with Crippen LogP contribution in [0.1, 0.15) is 31.7 Å². The molecule has 0 fully saturated rings. The summed E-state index contributed by atoms with van der Waals surface area (Å²) < 4.78 is 5.39. The predicted octanol–water partition coefficient (Wildman–Crippen LogP) is 3.11. The Morgan fingerprint density at radius 3 is 2.79 bits per heavy atom. The van der Waals surface area contributed by atoms with E-state index in [1.54, 1.807) is 0 Å². The van der Waals surface area contributed by atoms with Crippen molar-refractivity contribution in [3.05, 3.63) is 48.0 Å². The molecule has 0 N–H and O–H groups in total. The first kappa shape index (κ1) is 12.2. The fourth-order valence-electron chi connectivity index (χ4n) is 2.69. The van der Waals surface area contributed by atoms with Crippen LogP contribution in [0.15, 0.2) is 47.5 Å². The van der Waals surface area contributed by atoms with Crippen molar-refractivity contribution >= 4 is 11.9 Å². The largest absolute Gasteiger partial charge is 0.405 e. The molecule has 1 aromatic rings. The second-order valence-electron chi connectivity index (χ2n) is 5.29. The molecule has 0 spiro atoms. The number of esters is 1. The zero-order chi connectivity index (χ0) is 13.3. The van der Waals surface area contributed by atoms with E-state index in [2.05, 4.69) is 17.1 Å². The van der Waals surface area contributed by atoms with E-state index >= 15 is 0 Å². The van der Waals surface area contributed by atoms with Gasteiger partial charge in [-0.05, 0) is 38.3 Å². The zero-order valence-electron chi connectivity index (χ0n) is 11.0. The van der Waals surface area contributed by atoms with Gasteiger partial charge in [0.05, 0.1) is 0 Å². The SMILES string of the molecule is C[C@@]1([C@H]2C=CCCC2)N=C(c2ccccc2)OC1=O. The Labute approximate surface area is 113 Å². The van der Waals surface area contributed by atoms with Crippen LogP contribution in [0.5, 0.6) is 0 Å². The highest BCUT2D eigenvalue weighted by Gasteiger charge is 2.47. The number of cyclic esters (lactones) is 1. The van der Waals surface area contributed by atoms with Crippen LogP contribution in [0.3, 0.4) is 0 Å². The van der Waals surface area contributed by atoms with Gasteiger partial charge in [-0.3, -0.25) is 0 Å². The van der Waals surface area contributed by atoms with E-state index in [0.717, 1.165) is 24.8 Å². The van der Waals surface area contributed by atoms with Crippen LogP contribution in [0, 0.1) is 5.92 Å². The highest BCUT2D eigenvalue weighted by Crippen LogP contribution is 2.36. The summed E-state index contributed by atoms with van der Waals surface area (Å²) >= 11 is 0. The molecule has 0 saturated heterocycles. The molecule has 3 heteroatoms. The van der Waals surface area contributed by atoms with Gasteiger partial charge in [0, 0.05) is 11.5 Å². The van der Waals surface area contributed by atoms with E-state index in [9.17, 15) is 4.79 Å².